The molecule has 0 atom stereocenters. The lowest BCUT2D eigenvalue weighted by atomic mass is 10.2. The van der Waals surface area contributed by atoms with Crippen molar-refractivity contribution in [2.45, 2.75) is 0 Å². The van der Waals surface area contributed by atoms with Gasteiger partial charge in [0, 0.05) is 11.8 Å². The maximum atomic E-state index is 5.74. The van der Waals surface area contributed by atoms with Gasteiger partial charge in [-0.3, -0.25) is 0 Å². The first kappa shape index (κ1) is 12.3. The van der Waals surface area contributed by atoms with Gasteiger partial charge in [-0.25, -0.2) is 4.98 Å². The van der Waals surface area contributed by atoms with Gasteiger partial charge in [0.2, 0.25) is 5.89 Å². The first-order valence-corrected chi connectivity index (χ1v) is 6.09. The first-order chi connectivity index (χ1) is 9.71. The molecule has 0 amide bonds. The van der Waals surface area contributed by atoms with Crippen LogP contribution in [0.15, 0.2) is 40.8 Å². The molecule has 3 rings (SSSR count). The second kappa shape index (κ2) is 4.77. The van der Waals surface area contributed by atoms with Crippen LogP contribution in [0.1, 0.15) is 0 Å². The van der Waals surface area contributed by atoms with Crippen molar-refractivity contribution in [2.75, 3.05) is 20.0 Å². The highest BCUT2D eigenvalue weighted by Crippen LogP contribution is 2.34. The van der Waals surface area contributed by atoms with Crippen LogP contribution in [0.3, 0.4) is 0 Å². The van der Waals surface area contributed by atoms with Gasteiger partial charge in [0.25, 0.3) is 0 Å². The van der Waals surface area contributed by atoms with E-state index in [4.69, 9.17) is 19.6 Å². The molecule has 0 fully saturated rings. The number of methoxy groups -OCH3 is 2. The highest BCUT2D eigenvalue weighted by molar-refractivity contribution is 5.80. The summed E-state index contributed by atoms with van der Waals surface area (Å²) >= 11 is 0. The topological polar surface area (TPSA) is 70.5 Å². The third-order valence-electron chi connectivity index (χ3n) is 3.05. The maximum Gasteiger partial charge on any atom is 0.231 e. The minimum Gasteiger partial charge on any atom is -0.497 e. The Bertz CT molecular complexity index is 765. The van der Waals surface area contributed by atoms with Crippen molar-refractivity contribution in [1.82, 2.24) is 4.98 Å². The fraction of sp³-hybridized carbons (Fsp3) is 0.133. The molecule has 1 aromatic heterocycles. The molecule has 5 heteroatoms. The molecule has 0 aliphatic carbocycles. The standard InChI is InChI=1S/C15H14N2O3/c1-18-10-4-5-11(14(8-10)19-2)15-17-12-7-9(16)3-6-13(12)20-15/h3-8H,16H2,1-2H3. The lowest BCUT2D eigenvalue weighted by Gasteiger charge is -2.07. The van der Waals surface area contributed by atoms with E-state index in [9.17, 15) is 0 Å². The monoisotopic (exact) mass is 270 g/mol. The zero-order chi connectivity index (χ0) is 14.1. The lowest BCUT2D eigenvalue weighted by Crippen LogP contribution is -1.90. The van der Waals surface area contributed by atoms with Crippen LogP contribution in [0.25, 0.3) is 22.6 Å². The smallest absolute Gasteiger partial charge is 0.231 e. The van der Waals surface area contributed by atoms with Gasteiger partial charge >= 0.3 is 0 Å². The summed E-state index contributed by atoms with van der Waals surface area (Å²) in [6.07, 6.45) is 0. The summed E-state index contributed by atoms with van der Waals surface area (Å²) in [6, 6.07) is 10.8. The van der Waals surface area contributed by atoms with Crippen LogP contribution >= 0.6 is 0 Å². The van der Waals surface area contributed by atoms with E-state index in [-0.39, 0.29) is 0 Å². The number of fused-ring (bicyclic) bond motifs is 1. The molecule has 0 aliphatic rings. The Labute approximate surface area is 115 Å². The number of nitrogen functional groups attached to an aromatic ring is 1. The van der Waals surface area contributed by atoms with Gasteiger partial charge in [-0.2, -0.15) is 0 Å². The Morgan fingerprint density at radius 3 is 2.65 bits per heavy atom. The van der Waals surface area contributed by atoms with E-state index in [1.807, 2.05) is 12.1 Å². The van der Waals surface area contributed by atoms with E-state index in [1.165, 1.54) is 0 Å². The largest absolute Gasteiger partial charge is 0.497 e. The molecule has 0 saturated carbocycles. The molecule has 1 heterocycles. The average Bonchev–Trinajstić information content (AvgIpc) is 2.89. The molecule has 0 spiro atoms. The van der Waals surface area contributed by atoms with Crippen LogP contribution in [0.4, 0.5) is 5.69 Å². The lowest BCUT2D eigenvalue weighted by molar-refractivity contribution is 0.394. The van der Waals surface area contributed by atoms with Gasteiger partial charge in [-0.05, 0) is 30.3 Å². The first-order valence-electron chi connectivity index (χ1n) is 6.09. The number of nitrogens with zero attached hydrogens (tertiary/aromatic N) is 1. The van der Waals surface area contributed by atoms with Crippen molar-refractivity contribution in [3.05, 3.63) is 36.4 Å². The van der Waals surface area contributed by atoms with E-state index >= 15 is 0 Å². The van der Waals surface area contributed by atoms with E-state index in [0.717, 1.165) is 11.1 Å². The van der Waals surface area contributed by atoms with Gasteiger partial charge in [0.1, 0.15) is 17.0 Å². The van der Waals surface area contributed by atoms with Crippen molar-refractivity contribution in [1.29, 1.82) is 0 Å². The van der Waals surface area contributed by atoms with Crippen molar-refractivity contribution < 1.29 is 13.9 Å². The Balaban J connectivity index is 2.14. The Kier molecular flexibility index (Phi) is 2.95. The van der Waals surface area contributed by atoms with Crippen LogP contribution in [0.5, 0.6) is 11.5 Å². The number of ether oxygens (including phenoxy) is 2. The summed E-state index contributed by atoms with van der Waals surface area (Å²) in [4.78, 5) is 4.44. The molecule has 0 bridgehead atoms. The summed E-state index contributed by atoms with van der Waals surface area (Å²) in [5, 5.41) is 0. The van der Waals surface area contributed by atoms with Crippen LogP contribution in [0.2, 0.25) is 0 Å². The molecule has 0 aliphatic heterocycles. The number of hydrogen-bond acceptors (Lipinski definition) is 5. The van der Waals surface area contributed by atoms with Crippen LogP contribution in [-0.2, 0) is 0 Å². The maximum absolute atomic E-state index is 5.74. The third-order valence-corrected chi connectivity index (χ3v) is 3.05. The molecule has 0 saturated heterocycles. The fourth-order valence-corrected chi connectivity index (χ4v) is 2.03. The SMILES string of the molecule is COc1ccc(-c2nc3cc(N)ccc3o2)c(OC)c1. The number of rotatable bonds is 3. The predicted octanol–water partition coefficient (Wildman–Crippen LogP) is 3.09. The second-order valence-corrected chi connectivity index (χ2v) is 4.31. The van der Waals surface area contributed by atoms with E-state index < -0.39 is 0 Å². The number of benzene rings is 2. The molecule has 2 N–H and O–H groups in total. The number of anilines is 1. The number of aromatic nitrogens is 1. The van der Waals surface area contributed by atoms with Crippen LogP contribution < -0.4 is 15.2 Å². The molecular formula is C15H14N2O3. The van der Waals surface area contributed by atoms with Gasteiger partial charge in [-0.15, -0.1) is 0 Å². The minimum atomic E-state index is 0.491. The quantitative estimate of drug-likeness (QED) is 0.740. The molecule has 102 valence electrons. The summed E-state index contributed by atoms with van der Waals surface area (Å²) in [6.45, 7) is 0. The molecule has 0 radical (unpaired) electrons. The summed E-state index contributed by atoms with van der Waals surface area (Å²) in [7, 11) is 3.20. The van der Waals surface area contributed by atoms with Crippen molar-refractivity contribution in [2.24, 2.45) is 0 Å². The van der Waals surface area contributed by atoms with E-state index in [2.05, 4.69) is 4.98 Å². The highest BCUT2D eigenvalue weighted by atomic mass is 16.5. The second-order valence-electron chi connectivity index (χ2n) is 4.31. The number of nitrogens with two attached hydrogens (primary N) is 1. The zero-order valence-electron chi connectivity index (χ0n) is 11.2. The van der Waals surface area contributed by atoms with Gasteiger partial charge in [-0.1, -0.05) is 0 Å². The average molecular weight is 270 g/mol. The van der Waals surface area contributed by atoms with Gasteiger partial charge < -0.3 is 19.6 Å². The Morgan fingerprint density at radius 2 is 1.90 bits per heavy atom. The molecular weight excluding hydrogens is 256 g/mol. The molecule has 5 nitrogen and oxygen atoms in total. The molecule has 20 heavy (non-hydrogen) atoms. The molecule has 3 aromatic rings. The number of hydrogen-bond donors (Lipinski definition) is 1. The van der Waals surface area contributed by atoms with Crippen LogP contribution in [0, 0.1) is 0 Å². The Morgan fingerprint density at radius 1 is 1.05 bits per heavy atom. The fourth-order valence-electron chi connectivity index (χ4n) is 2.03. The zero-order valence-corrected chi connectivity index (χ0v) is 11.2. The summed E-state index contributed by atoms with van der Waals surface area (Å²) in [5.41, 5.74) is 8.57. The predicted molar refractivity (Wildman–Crippen MR) is 77.0 cm³/mol. The van der Waals surface area contributed by atoms with Crippen molar-refractivity contribution in [3.8, 4) is 23.0 Å². The van der Waals surface area contributed by atoms with Gasteiger partial charge in [0.15, 0.2) is 5.58 Å². The minimum absolute atomic E-state index is 0.491. The van der Waals surface area contributed by atoms with Crippen molar-refractivity contribution >= 4 is 16.8 Å². The van der Waals surface area contributed by atoms with Crippen molar-refractivity contribution in [3.63, 3.8) is 0 Å². The normalized spacial score (nSPS) is 10.7. The Hall–Kier alpha value is -2.69. The van der Waals surface area contributed by atoms with Gasteiger partial charge in [0.05, 0.1) is 19.8 Å². The molecule has 2 aromatic carbocycles. The summed E-state index contributed by atoms with van der Waals surface area (Å²) in [5.74, 6) is 1.85. The summed E-state index contributed by atoms with van der Waals surface area (Å²) < 4.78 is 16.3. The highest BCUT2D eigenvalue weighted by Gasteiger charge is 2.14. The number of oxazole rings is 1. The van der Waals surface area contributed by atoms with E-state index in [0.29, 0.717) is 28.7 Å². The third kappa shape index (κ3) is 2.03. The molecule has 0 unspecified atom stereocenters. The van der Waals surface area contributed by atoms with Crippen LogP contribution in [-0.4, -0.2) is 19.2 Å². The van der Waals surface area contributed by atoms with E-state index in [1.54, 1.807) is 38.5 Å².